The number of para-hydroxylation sites is 1. The first-order valence-corrected chi connectivity index (χ1v) is 8.88. The summed E-state index contributed by atoms with van der Waals surface area (Å²) in [6.07, 6.45) is 1.30. The molecule has 1 atom stereocenters. The summed E-state index contributed by atoms with van der Waals surface area (Å²) in [4.78, 5) is 14.5. The summed E-state index contributed by atoms with van der Waals surface area (Å²) in [6, 6.07) is 15.7. The van der Waals surface area contributed by atoms with Gasteiger partial charge in [-0.25, -0.2) is 0 Å². The number of carbonyl (C=O) groups is 1. The molecular formula is C19H20Cl2N2O. The Morgan fingerprint density at radius 1 is 1.08 bits per heavy atom. The number of nitrogens with one attached hydrogen (secondary N) is 1. The molecule has 1 unspecified atom stereocenters. The molecule has 1 aliphatic rings. The van der Waals surface area contributed by atoms with E-state index in [1.807, 2.05) is 6.07 Å². The van der Waals surface area contributed by atoms with E-state index in [-0.39, 0.29) is 12.3 Å². The first-order valence-electron chi connectivity index (χ1n) is 8.13. The maximum absolute atomic E-state index is 12.2. The fraction of sp³-hybridized carbons (Fsp3) is 0.316. The highest BCUT2D eigenvalue weighted by molar-refractivity contribution is 6.36. The van der Waals surface area contributed by atoms with Gasteiger partial charge in [0.1, 0.15) is 0 Å². The smallest absolute Gasteiger partial charge is 0.224 e. The monoisotopic (exact) mass is 362 g/mol. The van der Waals surface area contributed by atoms with E-state index in [1.165, 1.54) is 5.69 Å². The lowest BCUT2D eigenvalue weighted by Crippen LogP contribution is -2.32. The molecule has 0 aliphatic carbocycles. The average molecular weight is 363 g/mol. The minimum absolute atomic E-state index is 0.0387. The van der Waals surface area contributed by atoms with Gasteiger partial charge in [-0.1, -0.05) is 47.5 Å². The molecule has 0 bridgehead atoms. The Kier molecular flexibility index (Phi) is 5.64. The molecule has 2 aromatic carbocycles. The standard InChI is InChI=1S/C19H20Cl2N2O/c20-17-7-4-8-18(21)16(17)11-19(24)22-12-14-9-10-23(13-14)15-5-2-1-3-6-15/h1-8,14H,9-13H2,(H,22,24). The molecule has 0 radical (unpaired) electrons. The molecule has 24 heavy (non-hydrogen) atoms. The summed E-state index contributed by atoms with van der Waals surface area (Å²) in [6.45, 7) is 2.68. The molecule has 1 amide bonds. The summed E-state index contributed by atoms with van der Waals surface area (Å²) in [5, 5.41) is 4.09. The topological polar surface area (TPSA) is 32.3 Å². The molecule has 126 valence electrons. The number of hydrogen-bond donors (Lipinski definition) is 1. The number of carbonyl (C=O) groups excluding carboxylic acids is 1. The second-order valence-corrected chi connectivity index (χ2v) is 6.93. The van der Waals surface area contributed by atoms with E-state index in [4.69, 9.17) is 23.2 Å². The van der Waals surface area contributed by atoms with Crippen LogP contribution in [-0.4, -0.2) is 25.5 Å². The molecule has 5 heteroatoms. The van der Waals surface area contributed by atoms with Gasteiger partial charge in [0.15, 0.2) is 0 Å². The summed E-state index contributed by atoms with van der Waals surface area (Å²) >= 11 is 12.2. The van der Waals surface area contributed by atoms with Crippen molar-refractivity contribution < 1.29 is 4.79 Å². The summed E-state index contributed by atoms with van der Waals surface area (Å²) in [7, 11) is 0. The number of nitrogens with zero attached hydrogens (tertiary/aromatic N) is 1. The second-order valence-electron chi connectivity index (χ2n) is 6.12. The van der Waals surface area contributed by atoms with Crippen molar-refractivity contribution in [3.63, 3.8) is 0 Å². The van der Waals surface area contributed by atoms with Crippen molar-refractivity contribution in [2.45, 2.75) is 12.8 Å². The van der Waals surface area contributed by atoms with Crippen LogP contribution in [0.5, 0.6) is 0 Å². The number of amides is 1. The first kappa shape index (κ1) is 17.1. The highest BCUT2D eigenvalue weighted by Gasteiger charge is 2.23. The van der Waals surface area contributed by atoms with Crippen LogP contribution in [-0.2, 0) is 11.2 Å². The van der Waals surface area contributed by atoms with Gasteiger partial charge < -0.3 is 10.2 Å². The van der Waals surface area contributed by atoms with Gasteiger partial charge in [-0.2, -0.15) is 0 Å². The van der Waals surface area contributed by atoms with Crippen molar-refractivity contribution in [2.75, 3.05) is 24.5 Å². The molecule has 3 rings (SSSR count). The Hall–Kier alpha value is -1.71. The Bertz CT molecular complexity index is 686. The predicted octanol–water partition coefficient (Wildman–Crippen LogP) is 4.18. The number of hydrogen-bond acceptors (Lipinski definition) is 2. The van der Waals surface area contributed by atoms with Gasteiger partial charge in [-0.15, -0.1) is 0 Å². The molecule has 1 saturated heterocycles. The van der Waals surface area contributed by atoms with E-state index in [9.17, 15) is 4.79 Å². The highest BCUT2D eigenvalue weighted by Crippen LogP contribution is 2.25. The molecule has 0 aromatic heterocycles. The lowest BCUT2D eigenvalue weighted by Gasteiger charge is -2.18. The molecule has 3 nitrogen and oxygen atoms in total. The van der Waals surface area contributed by atoms with Gasteiger partial charge in [-0.05, 0) is 42.2 Å². The van der Waals surface area contributed by atoms with Crippen molar-refractivity contribution >= 4 is 34.8 Å². The van der Waals surface area contributed by atoms with Crippen LogP contribution in [0.15, 0.2) is 48.5 Å². The third kappa shape index (κ3) is 4.22. The quantitative estimate of drug-likeness (QED) is 0.865. The third-order valence-electron chi connectivity index (χ3n) is 4.39. The minimum Gasteiger partial charge on any atom is -0.371 e. The molecule has 1 fully saturated rings. The zero-order valence-corrected chi connectivity index (χ0v) is 14.9. The van der Waals surface area contributed by atoms with E-state index >= 15 is 0 Å². The predicted molar refractivity (Wildman–Crippen MR) is 99.9 cm³/mol. The van der Waals surface area contributed by atoms with Crippen LogP contribution in [0.3, 0.4) is 0 Å². The van der Waals surface area contributed by atoms with E-state index in [2.05, 4.69) is 34.5 Å². The van der Waals surface area contributed by atoms with Crippen molar-refractivity contribution in [1.29, 1.82) is 0 Å². The molecule has 0 spiro atoms. The SMILES string of the molecule is O=C(Cc1c(Cl)cccc1Cl)NCC1CCN(c2ccccc2)C1. The Labute approximate surface area is 152 Å². The molecule has 1 N–H and O–H groups in total. The third-order valence-corrected chi connectivity index (χ3v) is 5.10. The first-order chi connectivity index (χ1) is 11.6. The van der Waals surface area contributed by atoms with Gasteiger partial charge >= 0.3 is 0 Å². The number of halogens is 2. The molecule has 1 aliphatic heterocycles. The normalized spacial score (nSPS) is 17.1. The summed E-state index contributed by atoms with van der Waals surface area (Å²) < 4.78 is 0. The van der Waals surface area contributed by atoms with Crippen LogP contribution >= 0.6 is 23.2 Å². The van der Waals surface area contributed by atoms with Gasteiger partial charge in [0.05, 0.1) is 6.42 Å². The maximum Gasteiger partial charge on any atom is 0.224 e. The second kappa shape index (κ2) is 7.91. The Morgan fingerprint density at radius 3 is 2.50 bits per heavy atom. The average Bonchev–Trinajstić information content (AvgIpc) is 3.06. The van der Waals surface area contributed by atoms with Crippen LogP contribution < -0.4 is 10.2 Å². The van der Waals surface area contributed by atoms with Gasteiger partial charge in [0.2, 0.25) is 5.91 Å². The fourth-order valence-electron chi connectivity index (χ4n) is 3.06. The van der Waals surface area contributed by atoms with Gasteiger partial charge in [0.25, 0.3) is 0 Å². The van der Waals surface area contributed by atoms with Crippen LogP contribution in [0.2, 0.25) is 10.0 Å². The van der Waals surface area contributed by atoms with Crippen LogP contribution in [0.4, 0.5) is 5.69 Å². The van der Waals surface area contributed by atoms with Gasteiger partial charge in [-0.3, -0.25) is 4.79 Å². The van der Waals surface area contributed by atoms with E-state index in [1.54, 1.807) is 18.2 Å². The Balaban J connectivity index is 1.49. The Morgan fingerprint density at radius 2 is 1.79 bits per heavy atom. The maximum atomic E-state index is 12.2. The minimum atomic E-state index is -0.0387. The lowest BCUT2D eigenvalue weighted by atomic mass is 10.1. The summed E-state index contributed by atoms with van der Waals surface area (Å²) in [5.41, 5.74) is 1.94. The van der Waals surface area contributed by atoms with Crippen molar-refractivity contribution in [1.82, 2.24) is 5.32 Å². The van der Waals surface area contributed by atoms with Crippen LogP contribution in [0.1, 0.15) is 12.0 Å². The molecule has 0 saturated carbocycles. The largest absolute Gasteiger partial charge is 0.371 e. The number of rotatable bonds is 5. The van der Waals surface area contributed by atoms with Crippen molar-refractivity contribution in [2.24, 2.45) is 5.92 Å². The van der Waals surface area contributed by atoms with E-state index in [0.29, 0.717) is 28.1 Å². The van der Waals surface area contributed by atoms with Crippen LogP contribution in [0, 0.1) is 5.92 Å². The summed E-state index contributed by atoms with van der Waals surface area (Å²) in [5.74, 6) is 0.430. The molecular weight excluding hydrogens is 343 g/mol. The van der Waals surface area contributed by atoms with Gasteiger partial charge in [0, 0.05) is 35.4 Å². The van der Waals surface area contributed by atoms with E-state index < -0.39 is 0 Å². The van der Waals surface area contributed by atoms with E-state index in [0.717, 1.165) is 19.5 Å². The lowest BCUT2D eigenvalue weighted by molar-refractivity contribution is -0.120. The molecule has 2 aromatic rings. The van der Waals surface area contributed by atoms with Crippen molar-refractivity contribution in [3.05, 3.63) is 64.1 Å². The zero-order chi connectivity index (χ0) is 16.9. The number of anilines is 1. The van der Waals surface area contributed by atoms with Crippen molar-refractivity contribution in [3.8, 4) is 0 Å². The highest BCUT2D eigenvalue weighted by atomic mass is 35.5. The van der Waals surface area contributed by atoms with Crippen LogP contribution in [0.25, 0.3) is 0 Å². The number of benzene rings is 2. The molecule has 1 heterocycles. The zero-order valence-electron chi connectivity index (χ0n) is 13.3. The fourth-order valence-corrected chi connectivity index (χ4v) is 3.59.